The molecule has 0 fully saturated rings. The molecule has 0 aliphatic rings. The van der Waals surface area contributed by atoms with E-state index in [-0.39, 0.29) is 18.4 Å². The van der Waals surface area contributed by atoms with Crippen molar-refractivity contribution in [3.63, 3.8) is 0 Å². The van der Waals surface area contributed by atoms with Crippen LogP contribution in [0.5, 0.6) is 0 Å². The molecule has 94 valence electrons. The predicted octanol–water partition coefficient (Wildman–Crippen LogP) is 0.551. The van der Waals surface area contributed by atoms with Gasteiger partial charge in [0.25, 0.3) is 0 Å². The van der Waals surface area contributed by atoms with Gasteiger partial charge < -0.3 is 16.4 Å². The Balaban J connectivity index is 2.42. The van der Waals surface area contributed by atoms with Gasteiger partial charge in [-0.15, -0.1) is 0 Å². The molecule has 1 aromatic rings. The zero-order chi connectivity index (χ0) is 12.8. The van der Waals surface area contributed by atoms with Crippen LogP contribution in [0.3, 0.4) is 0 Å². The highest BCUT2D eigenvalue weighted by molar-refractivity contribution is 5.80. The minimum Gasteiger partial charge on any atom is -0.368 e. The number of nitrogens with two attached hydrogens (primary N) is 1. The van der Waals surface area contributed by atoms with Gasteiger partial charge >= 0.3 is 0 Å². The molecule has 0 atom stereocenters. The van der Waals surface area contributed by atoms with Crippen LogP contribution >= 0.6 is 0 Å². The van der Waals surface area contributed by atoms with E-state index in [1.165, 1.54) is 0 Å². The maximum absolute atomic E-state index is 11.4. The molecule has 0 radical (unpaired) electrons. The lowest BCUT2D eigenvalue weighted by atomic mass is 10.2. The first-order valence-corrected chi connectivity index (χ1v) is 5.59. The summed E-state index contributed by atoms with van der Waals surface area (Å²) in [5, 5.41) is 5.71. The molecule has 6 nitrogen and oxygen atoms in total. The van der Waals surface area contributed by atoms with Gasteiger partial charge in [-0.2, -0.15) is 4.98 Å². The highest BCUT2D eigenvalue weighted by Gasteiger charge is 2.04. The van der Waals surface area contributed by atoms with Gasteiger partial charge in [-0.3, -0.25) is 4.79 Å². The van der Waals surface area contributed by atoms with Gasteiger partial charge in [-0.1, -0.05) is 13.8 Å². The molecule has 17 heavy (non-hydrogen) atoms. The number of aromatic nitrogens is 2. The lowest BCUT2D eigenvalue weighted by molar-refractivity contribution is -0.119. The van der Waals surface area contributed by atoms with Crippen LogP contribution in [0.1, 0.15) is 19.5 Å². The van der Waals surface area contributed by atoms with E-state index in [1.807, 2.05) is 20.8 Å². The van der Waals surface area contributed by atoms with Crippen molar-refractivity contribution in [3.8, 4) is 0 Å². The molecule has 4 N–H and O–H groups in total. The summed E-state index contributed by atoms with van der Waals surface area (Å²) in [5.41, 5.74) is 6.27. The summed E-state index contributed by atoms with van der Waals surface area (Å²) in [4.78, 5) is 19.4. The van der Waals surface area contributed by atoms with Gasteiger partial charge in [0.05, 0.1) is 6.54 Å². The maximum Gasteiger partial charge on any atom is 0.239 e. The van der Waals surface area contributed by atoms with Crippen molar-refractivity contribution in [2.24, 2.45) is 5.92 Å². The third kappa shape index (κ3) is 5.14. The standard InChI is InChI=1S/C11H19N5O/c1-7(2)5-14-10(17)6-13-9-4-8(3)15-11(12)16-9/h4,7H,5-6H2,1-3H3,(H,14,17)(H3,12,13,15,16). The number of anilines is 2. The van der Waals surface area contributed by atoms with Gasteiger partial charge in [0.15, 0.2) is 0 Å². The number of hydrogen-bond donors (Lipinski definition) is 3. The maximum atomic E-state index is 11.4. The Kier molecular flexibility index (Phi) is 4.68. The second-order valence-electron chi connectivity index (χ2n) is 4.30. The van der Waals surface area contributed by atoms with Crippen LogP contribution in [0, 0.1) is 12.8 Å². The van der Waals surface area contributed by atoms with Crippen molar-refractivity contribution in [1.29, 1.82) is 0 Å². The average Bonchev–Trinajstić information content (AvgIpc) is 2.22. The van der Waals surface area contributed by atoms with Crippen LogP contribution < -0.4 is 16.4 Å². The lowest BCUT2D eigenvalue weighted by Gasteiger charge is -2.09. The third-order valence-electron chi connectivity index (χ3n) is 2.01. The molecule has 0 bridgehead atoms. The van der Waals surface area contributed by atoms with Crippen LogP contribution in [-0.2, 0) is 4.79 Å². The molecule has 6 heteroatoms. The van der Waals surface area contributed by atoms with E-state index >= 15 is 0 Å². The number of carbonyl (C=O) groups excluding carboxylic acids is 1. The summed E-state index contributed by atoms with van der Waals surface area (Å²) in [6, 6.07) is 1.74. The average molecular weight is 237 g/mol. The highest BCUT2D eigenvalue weighted by atomic mass is 16.1. The summed E-state index contributed by atoms with van der Waals surface area (Å²) < 4.78 is 0. The molecule has 0 aromatic carbocycles. The number of amides is 1. The number of nitrogens with one attached hydrogen (secondary N) is 2. The van der Waals surface area contributed by atoms with E-state index in [0.29, 0.717) is 18.3 Å². The Morgan fingerprint density at radius 1 is 1.47 bits per heavy atom. The first-order valence-electron chi connectivity index (χ1n) is 5.59. The minimum atomic E-state index is -0.0615. The second-order valence-corrected chi connectivity index (χ2v) is 4.30. The molecule has 0 spiro atoms. The summed E-state index contributed by atoms with van der Waals surface area (Å²) in [7, 11) is 0. The Labute approximate surface area is 101 Å². The number of hydrogen-bond acceptors (Lipinski definition) is 5. The van der Waals surface area contributed by atoms with Crippen LogP contribution in [0.2, 0.25) is 0 Å². The molecule has 0 saturated carbocycles. The molecular weight excluding hydrogens is 218 g/mol. The fraction of sp³-hybridized carbons (Fsp3) is 0.545. The fourth-order valence-corrected chi connectivity index (χ4v) is 1.23. The monoisotopic (exact) mass is 237 g/mol. The number of nitrogens with zero attached hydrogens (tertiary/aromatic N) is 2. The molecule has 0 aliphatic heterocycles. The fourth-order valence-electron chi connectivity index (χ4n) is 1.23. The van der Waals surface area contributed by atoms with E-state index in [4.69, 9.17) is 5.73 Å². The van der Waals surface area contributed by atoms with Crippen LogP contribution in [-0.4, -0.2) is 29.0 Å². The lowest BCUT2D eigenvalue weighted by Crippen LogP contribution is -2.32. The van der Waals surface area contributed by atoms with Crippen molar-refractivity contribution in [1.82, 2.24) is 15.3 Å². The van der Waals surface area contributed by atoms with Crippen molar-refractivity contribution in [3.05, 3.63) is 11.8 Å². The van der Waals surface area contributed by atoms with E-state index < -0.39 is 0 Å². The van der Waals surface area contributed by atoms with Gasteiger partial charge in [-0.25, -0.2) is 4.98 Å². The largest absolute Gasteiger partial charge is 0.368 e. The van der Waals surface area contributed by atoms with E-state index in [9.17, 15) is 4.79 Å². The molecule has 1 amide bonds. The Morgan fingerprint density at radius 3 is 2.76 bits per heavy atom. The molecule has 0 saturated heterocycles. The zero-order valence-corrected chi connectivity index (χ0v) is 10.4. The predicted molar refractivity (Wildman–Crippen MR) is 67.5 cm³/mol. The third-order valence-corrected chi connectivity index (χ3v) is 2.01. The topological polar surface area (TPSA) is 92.9 Å². The molecule has 1 rings (SSSR count). The van der Waals surface area contributed by atoms with Gasteiger partial charge in [0.2, 0.25) is 11.9 Å². The smallest absolute Gasteiger partial charge is 0.239 e. The summed E-state index contributed by atoms with van der Waals surface area (Å²) in [6.07, 6.45) is 0. The second kappa shape index (κ2) is 6.03. The molecular formula is C11H19N5O. The van der Waals surface area contributed by atoms with Gasteiger partial charge in [-0.05, 0) is 12.8 Å². The Morgan fingerprint density at radius 2 is 2.18 bits per heavy atom. The minimum absolute atomic E-state index is 0.0615. The van der Waals surface area contributed by atoms with Gasteiger partial charge in [0, 0.05) is 18.3 Å². The quantitative estimate of drug-likeness (QED) is 0.695. The van der Waals surface area contributed by atoms with Gasteiger partial charge in [0.1, 0.15) is 5.82 Å². The summed E-state index contributed by atoms with van der Waals surface area (Å²) in [6.45, 7) is 6.76. The summed E-state index contributed by atoms with van der Waals surface area (Å²) in [5.74, 6) is 1.15. The van der Waals surface area contributed by atoms with Crippen LogP contribution in [0.25, 0.3) is 0 Å². The zero-order valence-electron chi connectivity index (χ0n) is 10.4. The summed E-state index contributed by atoms with van der Waals surface area (Å²) >= 11 is 0. The van der Waals surface area contributed by atoms with E-state index in [0.717, 1.165) is 5.69 Å². The molecule has 0 aliphatic carbocycles. The SMILES string of the molecule is Cc1cc(NCC(=O)NCC(C)C)nc(N)n1. The van der Waals surface area contributed by atoms with Crippen LogP contribution in [0.15, 0.2) is 6.07 Å². The van der Waals surface area contributed by atoms with Crippen molar-refractivity contribution in [2.75, 3.05) is 24.1 Å². The highest BCUT2D eigenvalue weighted by Crippen LogP contribution is 2.06. The number of carbonyl (C=O) groups is 1. The van der Waals surface area contributed by atoms with Crippen molar-refractivity contribution in [2.45, 2.75) is 20.8 Å². The van der Waals surface area contributed by atoms with E-state index in [2.05, 4.69) is 20.6 Å². The van der Waals surface area contributed by atoms with Crippen molar-refractivity contribution < 1.29 is 4.79 Å². The van der Waals surface area contributed by atoms with Crippen LogP contribution in [0.4, 0.5) is 11.8 Å². The Hall–Kier alpha value is -1.85. The number of nitrogen functional groups attached to an aromatic ring is 1. The first-order chi connectivity index (χ1) is 7.97. The Bertz CT molecular complexity index is 371. The van der Waals surface area contributed by atoms with E-state index in [1.54, 1.807) is 6.07 Å². The molecule has 1 heterocycles. The van der Waals surface area contributed by atoms with Crippen molar-refractivity contribution >= 4 is 17.7 Å². The molecule has 0 unspecified atom stereocenters. The first kappa shape index (κ1) is 13.2. The number of aryl methyl sites for hydroxylation is 1. The number of rotatable bonds is 5. The molecule has 1 aromatic heterocycles. The normalized spacial score (nSPS) is 10.4.